The number of halogens is 1. The van der Waals surface area contributed by atoms with Crippen LogP contribution in [-0.4, -0.2) is 37.2 Å². The van der Waals surface area contributed by atoms with Crippen LogP contribution in [0.1, 0.15) is 38.4 Å². The van der Waals surface area contributed by atoms with Gasteiger partial charge in [0.25, 0.3) is 0 Å². The fraction of sp³-hybridized carbons (Fsp3) is 0.714. The lowest BCUT2D eigenvalue weighted by Crippen LogP contribution is -2.40. The van der Waals surface area contributed by atoms with Crippen LogP contribution in [0.3, 0.4) is 0 Å². The Kier molecular flexibility index (Phi) is 9.39. The van der Waals surface area contributed by atoms with E-state index in [4.69, 9.17) is 10.5 Å². The number of hydrogen-bond acceptors (Lipinski definition) is 4. The Morgan fingerprint density at radius 3 is 2.71 bits per heavy atom. The van der Waals surface area contributed by atoms with Gasteiger partial charge in [-0.1, -0.05) is 20.8 Å². The number of aliphatic imine (C=N–C) groups is 1. The maximum atomic E-state index is 5.81. The number of hydrogen-bond donors (Lipinski definition) is 2. The van der Waals surface area contributed by atoms with Gasteiger partial charge < -0.3 is 15.8 Å². The number of nitrogens with zero attached hydrogens (tertiary/aromatic N) is 2. The molecular formula is C14H27IN4OS. The Hall–Kier alpha value is -0.410. The van der Waals surface area contributed by atoms with Gasteiger partial charge in [-0.2, -0.15) is 0 Å². The average molecular weight is 426 g/mol. The molecule has 0 saturated heterocycles. The van der Waals surface area contributed by atoms with Crippen LogP contribution in [0, 0.1) is 0 Å². The van der Waals surface area contributed by atoms with Gasteiger partial charge in [-0.05, 0) is 6.92 Å². The van der Waals surface area contributed by atoms with Gasteiger partial charge in [-0.15, -0.1) is 35.3 Å². The smallest absolute Gasteiger partial charge is 0.188 e. The van der Waals surface area contributed by atoms with E-state index in [2.05, 4.69) is 41.4 Å². The lowest BCUT2D eigenvalue weighted by molar-refractivity contribution is 0.179. The fourth-order valence-electron chi connectivity index (χ4n) is 1.65. The Labute approximate surface area is 148 Å². The molecule has 0 aliphatic carbocycles. The molecule has 5 nitrogen and oxygen atoms in total. The molecule has 0 amide bonds. The van der Waals surface area contributed by atoms with E-state index in [0.717, 1.165) is 17.1 Å². The molecule has 122 valence electrons. The van der Waals surface area contributed by atoms with Gasteiger partial charge in [0, 0.05) is 36.9 Å². The first-order valence-electron chi connectivity index (χ1n) is 6.83. The predicted molar refractivity (Wildman–Crippen MR) is 101 cm³/mol. The van der Waals surface area contributed by atoms with Crippen LogP contribution in [0.25, 0.3) is 0 Å². The number of guanidine groups is 1. The molecule has 7 heteroatoms. The van der Waals surface area contributed by atoms with Crippen LogP contribution in [0.15, 0.2) is 10.4 Å². The molecule has 0 fully saturated rings. The minimum Gasteiger partial charge on any atom is -0.383 e. The molecule has 1 aromatic heterocycles. The summed E-state index contributed by atoms with van der Waals surface area (Å²) in [6.07, 6.45) is 0.813. The molecule has 21 heavy (non-hydrogen) atoms. The first-order chi connectivity index (χ1) is 9.32. The van der Waals surface area contributed by atoms with Crippen LogP contribution in [0.2, 0.25) is 0 Å². The standard InChI is InChI=1S/C14H26N4OS.HI/c1-10(8-19-5)17-13(15)16-7-6-11-9-20-12(18-11)14(2,3)4;/h9-10H,6-8H2,1-5H3,(H3,15,16,17);1H. The number of thiazole rings is 1. The topological polar surface area (TPSA) is 72.5 Å². The largest absolute Gasteiger partial charge is 0.383 e. The quantitative estimate of drug-likeness (QED) is 0.417. The number of nitrogens with one attached hydrogen (secondary N) is 1. The van der Waals surface area contributed by atoms with Crippen molar-refractivity contribution in [3.05, 3.63) is 16.1 Å². The van der Waals surface area contributed by atoms with Gasteiger partial charge in [0.15, 0.2) is 5.96 Å². The van der Waals surface area contributed by atoms with Crippen LogP contribution in [0.4, 0.5) is 0 Å². The maximum Gasteiger partial charge on any atom is 0.188 e. The van der Waals surface area contributed by atoms with Crippen LogP contribution >= 0.6 is 35.3 Å². The van der Waals surface area contributed by atoms with E-state index < -0.39 is 0 Å². The van der Waals surface area contributed by atoms with E-state index in [1.165, 1.54) is 0 Å². The molecule has 0 aromatic carbocycles. The summed E-state index contributed by atoms with van der Waals surface area (Å²) in [6.45, 7) is 9.78. The molecule has 1 unspecified atom stereocenters. The van der Waals surface area contributed by atoms with Crippen LogP contribution in [-0.2, 0) is 16.6 Å². The summed E-state index contributed by atoms with van der Waals surface area (Å²) in [5.74, 6) is 0.459. The second-order valence-corrected chi connectivity index (χ2v) is 6.77. The highest BCUT2D eigenvalue weighted by Gasteiger charge is 2.17. The molecular weight excluding hydrogens is 399 g/mol. The van der Waals surface area contributed by atoms with Gasteiger partial charge in [-0.25, -0.2) is 4.98 Å². The zero-order valence-electron chi connectivity index (χ0n) is 13.5. The number of rotatable bonds is 6. The van der Waals surface area contributed by atoms with Crippen molar-refractivity contribution in [1.82, 2.24) is 10.3 Å². The lowest BCUT2D eigenvalue weighted by Gasteiger charge is -2.13. The maximum absolute atomic E-state index is 5.81. The molecule has 0 radical (unpaired) electrons. The van der Waals surface area contributed by atoms with E-state index in [1.807, 2.05) is 6.92 Å². The summed E-state index contributed by atoms with van der Waals surface area (Å²) in [7, 11) is 1.67. The number of nitrogens with two attached hydrogens (primary N) is 1. The summed E-state index contributed by atoms with van der Waals surface area (Å²) >= 11 is 1.71. The van der Waals surface area contributed by atoms with Gasteiger partial charge in [0.1, 0.15) is 0 Å². The molecule has 1 heterocycles. The highest BCUT2D eigenvalue weighted by Crippen LogP contribution is 2.25. The lowest BCUT2D eigenvalue weighted by atomic mass is 9.98. The van der Waals surface area contributed by atoms with Crippen molar-refractivity contribution in [1.29, 1.82) is 0 Å². The average Bonchev–Trinajstić information content (AvgIpc) is 2.77. The summed E-state index contributed by atoms with van der Waals surface area (Å²) in [6, 6.07) is 0.163. The van der Waals surface area contributed by atoms with E-state index in [-0.39, 0.29) is 35.4 Å². The van der Waals surface area contributed by atoms with Crippen LogP contribution < -0.4 is 11.1 Å². The monoisotopic (exact) mass is 426 g/mol. The van der Waals surface area contributed by atoms with E-state index in [1.54, 1.807) is 18.4 Å². The zero-order valence-corrected chi connectivity index (χ0v) is 16.6. The summed E-state index contributed by atoms with van der Waals surface area (Å²) in [5.41, 5.74) is 7.01. The van der Waals surface area contributed by atoms with Crippen molar-refractivity contribution in [2.75, 3.05) is 20.3 Å². The third-order valence-corrected chi connectivity index (χ3v) is 3.97. The van der Waals surface area contributed by atoms with Gasteiger partial charge in [0.2, 0.25) is 0 Å². The molecule has 0 aliphatic rings. The first-order valence-corrected chi connectivity index (χ1v) is 7.71. The van der Waals surface area contributed by atoms with E-state index in [0.29, 0.717) is 19.1 Å². The Bertz CT molecular complexity index is 442. The normalized spacial score (nSPS) is 13.7. The number of ether oxygens (including phenoxy) is 1. The van der Waals surface area contributed by atoms with Crippen LogP contribution in [0.5, 0.6) is 0 Å². The van der Waals surface area contributed by atoms with Crippen molar-refractivity contribution in [2.45, 2.75) is 45.6 Å². The molecule has 0 aliphatic heterocycles. The second-order valence-electron chi connectivity index (χ2n) is 5.91. The molecule has 0 spiro atoms. The minimum absolute atomic E-state index is 0. The van der Waals surface area contributed by atoms with Crippen molar-refractivity contribution < 1.29 is 4.74 Å². The molecule has 0 bridgehead atoms. The predicted octanol–water partition coefficient (Wildman–Crippen LogP) is 2.54. The highest BCUT2D eigenvalue weighted by atomic mass is 127. The molecule has 0 saturated carbocycles. The molecule has 1 atom stereocenters. The van der Waals surface area contributed by atoms with Crippen molar-refractivity contribution in [2.24, 2.45) is 10.7 Å². The number of methoxy groups -OCH3 is 1. The SMILES string of the molecule is COCC(C)NC(N)=NCCc1csc(C(C)(C)C)n1.I. The van der Waals surface area contributed by atoms with E-state index in [9.17, 15) is 0 Å². The van der Waals surface area contributed by atoms with Gasteiger partial charge >= 0.3 is 0 Å². The van der Waals surface area contributed by atoms with Gasteiger partial charge in [0.05, 0.1) is 17.3 Å². The Balaban J connectivity index is 0.00000400. The number of aromatic nitrogens is 1. The Morgan fingerprint density at radius 2 is 2.19 bits per heavy atom. The zero-order chi connectivity index (χ0) is 15.2. The first kappa shape index (κ1) is 20.6. The van der Waals surface area contributed by atoms with Gasteiger partial charge in [-0.3, -0.25) is 4.99 Å². The summed E-state index contributed by atoms with van der Waals surface area (Å²) in [4.78, 5) is 8.94. The second kappa shape index (κ2) is 9.58. The summed E-state index contributed by atoms with van der Waals surface area (Å²) < 4.78 is 5.03. The van der Waals surface area contributed by atoms with Crippen molar-refractivity contribution in [3.63, 3.8) is 0 Å². The minimum atomic E-state index is 0. The molecule has 3 N–H and O–H groups in total. The van der Waals surface area contributed by atoms with Crippen molar-refractivity contribution in [3.8, 4) is 0 Å². The fourth-order valence-corrected chi connectivity index (χ4v) is 2.59. The van der Waals surface area contributed by atoms with Crippen molar-refractivity contribution >= 4 is 41.3 Å². The highest BCUT2D eigenvalue weighted by molar-refractivity contribution is 14.0. The molecule has 1 aromatic rings. The summed E-state index contributed by atoms with van der Waals surface area (Å²) in [5, 5.41) is 6.35. The third-order valence-electron chi connectivity index (χ3n) is 2.65. The molecule has 1 rings (SSSR count). The Morgan fingerprint density at radius 1 is 1.52 bits per heavy atom. The van der Waals surface area contributed by atoms with E-state index >= 15 is 0 Å². The third kappa shape index (κ3) is 7.96.